The van der Waals surface area contributed by atoms with Gasteiger partial charge in [-0.05, 0) is 19.3 Å². The molecule has 1 heterocycles. The third kappa shape index (κ3) is 3.08. The zero-order valence-electron chi connectivity index (χ0n) is 8.58. The highest BCUT2D eigenvalue weighted by atomic mass is 16.5. The summed E-state index contributed by atoms with van der Waals surface area (Å²) in [5, 5.41) is 3.60. The quantitative estimate of drug-likeness (QED) is 0.672. The summed E-state index contributed by atoms with van der Waals surface area (Å²) < 4.78 is 10.9. The predicted octanol–water partition coefficient (Wildman–Crippen LogP) is 1.10. The molecule has 14 heavy (non-hydrogen) atoms. The van der Waals surface area contributed by atoms with Gasteiger partial charge in [-0.2, -0.15) is 0 Å². The summed E-state index contributed by atoms with van der Waals surface area (Å²) in [7, 11) is 0. The van der Waals surface area contributed by atoms with Gasteiger partial charge in [0.05, 0.1) is 32.5 Å². The monoisotopic (exact) mass is 197 g/mol. The van der Waals surface area contributed by atoms with Crippen LogP contribution in [-0.4, -0.2) is 38.5 Å². The molecule has 0 aromatic rings. The minimum Gasteiger partial charge on any atom is -0.377 e. The summed E-state index contributed by atoms with van der Waals surface area (Å²) in [4.78, 5) is 0. The van der Waals surface area contributed by atoms with Gasteiger partial charge in [0.2, 0.25) is 0 Å². The summed E-state index contributed by atoms with van der Waals surface area (Å²) >= 11 is 0. The fourth-order valence-corrected chi connectivity index (χ4v) is 1.99. The maximum atomic E-state index is 5.44. The minimum absolute atomic E-state index is 0.383. The molecule has 0 radical (unpaired) electrons. The van der Waals surface area contributed by atoms with Crippen molar-refractivity contribution in [2.24, 2.45) is 0 Å². The highest BCUT2D eigenvalue weighted by molar-refractivity contribution is 4.94. The molecule has 0 saturated carbocycles. The predicted molar refractivity (Wildman–Crippen MR) is 55.3 cm³/mol. The zero-order chi connectivity index (χ0) is 9.64. The van der Waals surface area contributed by atoms with Crippen molar-refractivity contribution in [2.45, 2.75) is 31.3 Å². The van der Waals surface area contributed by atoms with E-state index < -0.39 is 0 Å². The number of ether oxygens (including phenoxy) is 2. The van der Waals surface area contributed by atoms with Gasteiger partial charge < -0.3 is 14.8 Å². The lowest BCUT2D eigenvalue weighted by molar-refractivity contribution is 0.103. The molecular weight excluding hydrogens is 178 g/mol. The van der Waals surface area contributed by atoms with Gasteiger partial charge in [-0.1, -0.05) is 12.2 Å². The van der Waals surface area contributed by atoms with E-state index >= 15 is 0 Å². The molecule has 1 atom stereocenters. The van der Waals surface area contributed by atoms with Crippen molar-refractivity contribution >= 4 is 0 Å². The first kappa shape index (κ1) is 10.1. The Kier molecular flexibility index (Phi) is 3.98. The Hall–Kier alpha value is -0.380. The van der Waals surface area contributed by atoms with Crippen molar-refractivity contribution in [1.82, 2.24) is 5.32 Å². The largest absolute Gasteiger partial charge is 0.377 e. The van der Waals surface area contributed by atoms with Gasteiger partial charge in [0.15, 0.2) is 0 Å². The first-order valence-electron chi connectivity index (χ1n) is 5.51. The highest BCUT2D eigenvalue weighted by Crippen LogP contribution is 2.11. The van der Waals surface area contributed by atoms with Crippen molar-refractivity contribution in [3.05, 3.63) is 12.2 Å². The van der Waals surface area contributed by atoms with Crippen LogP contribution < -0.4 is 5.32 Å². The summed E-state index contributed by atoms with van der Waals surface area (Å²) in [6.07, 6.45) is 8.12. The van der Waals surface area contributed by atoms with Gasteiger partial charge in [0.1, 0.15) is 0 Å². The number of allylic oxidation sites excluding steroid dienone is 1. The second kappa shape index (κ2) is 5.49. The highest BCUT2D eigenvalue weighted by Gasteiger charge is 2.17. The van der Waals surface area contributed by atoms with Crippen LogP contribution in [0.3, 0.4) is 0 Å². The van der Waals surface area contributed by atoms with Crippen LogP contribution in [0.4, 0.5) is 0 Å². The fraction of sp³-hybridized carbons (Fsp3) is 0.818. The van der Waals surface area contributed by atoms with Crippen LogP contribution in [0.15, 0.2) is 12.2 Å². The van der Waals surface area contributed by atoms with Gasteiger partial charge in [-0.15, -0.1) is 0 Å². The molecule has 3 nitrogen and oxygen atoms in total. The molecule has 2 rings (SSSR count). The SMILES string of the molecule is C1=CCC(NC2COCCOC2)CC1. The molecule has 1 fully saturated rings. The summed E-state index contributed by atoms with van der Waals surface area (Å²) in [5.41, 5.74) is 0. The van der Waals surface area contributed by atoms with Crippen LogP contribution in [0.1, 0.15) is 19.3 Å². The topological polar surface area (TPSA) is 30.5 Å². The molecule has 0 aromatic carbocycles. The third-order valence-electron chi connectivity index (χ3n) is 2.75. The van der Waals surface area contributed by atoms with Crippen molar-refractivity contribution in [2.75, 3.05) is 26.4 Å². The minimum atomic E-state index is 0.383. The van der Waals surface area contributed by atoms with Crippen molar-refractivity contribution in [1.29, 1.82) is 0 Å². The summed E-state index contributed by atoms with van der Waals surface area (Å²) in [5.74, 6) is 0. The Morgan fingerprint density at radius 1 is 1.00 bits per heavy atom. The first-order valence-corrected chi connectivity index (χ1v) is 5.51. The second-order valence-electron chi connectivity index (χ2n) is 3.99. The molecule has 80 valence electrons. The second-order valence-corrected chi connectivity index (χ2v) is 3.99. The molecule has 1 aliphatic carbocycles. The average Bonchev–Trinajstić information content (AvgIpc) is 2.48. The summed E-state index contributed by atoms with van der Waals surface area (Å²) in [6.45, 7) is 3.06. The van der Waals surface area contributed by atoms with E-state index in [9.17, 15) is 0 Å². The Morgan fingerprint density at radius 2 is 1.79 bits per heavy atom. The molecular formula is C11H19NO2. The van der Waals surface area contributed by atoms with Crippen LogP contribution in [0.2, 0.25) is 0 Å². The molecule has 0 aromatic heterocycles. The van der Waals surface area contributed by atoms with Gasteiger partial charge in [-0.25, -0.2) is 0 Å². The molecule has 0 spiro atoms. The Balaban J connectivity index is 1.74. The van der Waals surface area contributed by atoms with Crippen LogP contribution in [0.25, 0.3) is 0 Å². The van der Waals surface area contributed by atoms with E-state index in [-0.39, 0.29) is 0 Å². The maximum absolute atomic E-state index is 5.44. The molecule has 3 heteroatoms. The molecule has 1 aliphatic heterocycles. The molecule has 1 N–H and O–H groups in total. The number of hydrogen-bond donors (Lipinski definition) is 1. The number of hydrogen-bond acceptors (Lipinski definition) is 3. The van der Waals surface area contributed by atoms with Crippen molar-refractivity contribution in [3.63, 3.8) is 0 Å². The fourth-order valence-electron chi connectivity index (χ4n) is 1.99. The third-order valence-corrected chi connectivity index (χ3v) is 2.75. The van der Waals surface area contributed by atoms with Crippen LogP contribution in [0, 0.1) is 0 Å². The zero-order valence-corrected chi connectivity index (χ0v) is 8.58. The van der Waals surface area contributed by atoms with E-state index in [2.05, 4.69) is 17.5 Å². The van der Waals surface area contributed by atoms with Crippen LogP contribution >= 0.6 is 0 Å². The van der Waals surface area contributed by atoms with E-state index in [0.29, 0.717) is 12.1 Å². The molecule has 0 amide bonds. The lowest BCUT2D eigenvalue weighted by Crippen LogP contribution is -2.43. The lowest BCUT2D eigenvalue weighted by atomic mass is 10.0. The molecule has 1 saturated heterocycles. The van der Waals surface area contributed by atoms with Gasteiger partial charge in [0, 0.05) is 6.04 Å². The molecule has 2 aliphatic rings. The number of nitrogens with one attached hydrogen (secondary N) is 1. The van der Waals surface area contributed by atoms with Gasteiger partial charge in [-0.3, -0.25) is 0 Å². The van der Waals surface area contributed by atoms with Crippen LogP contribution in [0.5, 0.6) is 0 Å². The average molecular weight is 197 g/mol. The lowest BCUT2D eigenvalue weighted by Gasteiger charge is -2.24. The van der Waals surface area contributed by atoms with E-state index in [1.54, 1.807) is 0 Å². The number of rotatable bonds is 2. The van der Waals surface area contributed by atoms with E-state index in [0.717, 1.165) is 32.8 Å². The summed E-state index contributed by atoms with van der Waals surface area (Å²) in [6, 6.07) is 1.00. The van der Waals surface area contributed by atoms with Gasteiger partial charge >= 0.3 is 0 Å². The van der Waals surface area contributed by atoms with E-state index in [1.807, 2.05) is 0 Å². The Labute approximate surface area is 85.5 Å². The Morgan fingerprint density at radius 3 is 2.43 bits per heavy atom. The maximum Gasteiger partial charge on any atom is 0.0701 e. The molecule has 0 bridgehead atoms. The van der Waals surface area contributed by atoms with Crippen molar-refractivity contribution in [3.8, 4) is 0 Å². The van der Waals surface area contributed by atoms with Crippen molar-refractivity contribution < 1.29 is 9.47 Å². The van der Waals surface area contributed by atoms with Gasteiger partial charge in [0.25, 0.3) is 0 Å². The van der Waals surface area contributed by atoms with E-state index in [1.165, 1.54) is 12.8 Å². The first-order chi connectivity index (χ1) is 6.95. The normalized spacial score (nSPS) is 30.1. The van der Waals surface area contributed by atoms with Crippen LogP contribution in [-0.2, 0) is 9.47 Å². The Bertz CT molecular complexity index is 186. The molecule has 1 unspecified atom stereocenters. The standard InChI is InChI=1S/C11H19NO2/c1-2-4-10(5-3-1)12-11-8-13-6-7-14-9-11/h1-2,10-12H,3-9H2. The van der Waals surface area contributed by atoms with E-state index in [4.69, 9.17) is 9.47 Å². The smallest absolute Gasteiger partial charge is 0.0701 e.